The van der Waals surface area contributed by atoms with Crippen molar-refractivity contribution in [1.29, 1.82) is 0 Å². The van der Waals surface area contributed by atoms with E-state index < -0.39 is 27.4 Å². The summed E-state index contributed by atoms with van der Waals surface area (Å²) in [4.78, 5) is 11.2. The van der Waals surface area contributed by atoms with E-state index in [1.165, 1.54) is 25.2 Å². The number of benzene rings is 2. The molecule has 0 aliphatic carbocycles. The molecule has 1 heterocycles. The van der Waals surface area contributed by atoms with Gasteiger partial charge in [0.2, 0.25) is 0 Å². The van der Waals surface area contributed by atoms with E-state index in [9.17, 15) is 22.0 Å². The van der Waals surface area contributed by atoms with Crippen molar-refractivity contribution >= 4 is 26.8 Å². The van der Waals surface area contributed by atoms with Crippen LogP contribution >= 0.6 is 0 Å². The molecular formula is C14H10F2N2O4S. The van der Waals surface area contributed by atoms with E-state index >= 15 is 0 Å². The standard InChI is InChI=1S/C14H10F2N2O4S/c1-18-12-7-9(3-5-13(12)22-14(18)19)23(20,21)17-11-4-2-8(15)6-10(11)16/h2-7,17H,1H3. The van der Waals surface area contributed by atoms with Gasteiger partial charge in [-0.3, -0.25) is 9.29 Å². The molecule has 0 atom stereocenters. The van der Waals surface area contributed by atoms with E-state index in [0.717, 1.165) is 16.7 Å². The van der Waals surface area contributed by atoms with Crippen LogP contribution in [-0.4, -0.2) is 13.0 Å². The van der Waals surface area contributed by atoms with E-state index in [2.05, 4.69) is 0 Å². The summed E-state index contributed by atoms with van der Waals surface area (Å²) in [6, 6.07) is 6.25. The lowest BCUT2D eigenvalue weighted by Crippen LogP contribution is -2.14. The van der Waals surface area contributed by atoms with Gasteiger partial charge in [-0.05, 0) is 30.3 Å². The quantitative estimate of drug-likeness (QED) is 0.793. The molecule has 0 spiro atoms. The number of hydrogen-bond donors (Lipinski definition) is 1. The van der Waals surface area contributed by atoms with Crippen molar-refractivity contribution in [3.05, 3.63) is 58.6 Å². The van der Waals surface area contributed by atoms with Crippen LogP contribution in [0, 0.1) is 11.6 Å². The number of fused-ring (bicyclic) bond motifs is 1. The van der Waals surface area contributed by atoms with Gasteiger partial charge in [0.15, 0.2) is 5.58 Å². The molecule has 2 aromatic carbocycles. The number of oxazole rings is 1. The first-order chi connectivity index (χ1) is 10.8. The van der Waals surface area contributed by atoms with Crippen LogP contribution in [-0.2, 0) is 17.1 Å². The molecule has 23 heavy (non-hydrogen) atoms. The summed E-state index contributed by atoms with van der Waals surface area (Å²) in [5, 5.41) is 0. The highest BCUT2D eigenvalue weighted by atomic mass is 32.2. The fraction of sp³-hybridized carbons (Fsp3) is 0.0714. The molecule has 1 N–H and O–H groups in total. The predicted octanol–water partition coefficient (Wildman–Crippen LogP) is 2.21. The number of nitrogens with zero attached hydrogens (tertiary/aromatic N) is 1. The first kappa shape index (κ1) is 15.2. The molecule has 0 amide bonds. The third-order valence-corrected chi connectivity index (χ3v) is 4.61. The van der Waals surface area contributed by atoms with Crippen LogP contribution in [0.1, 0.15) is 0 Å². The summed E-state index contributed by atoms with van der Waals surface area (Å²) < 4.78 is 59.2. The van der Waals surface area contributed by atoms with Crippen LogP contribution in [0.2, 0.25) is 0 Å². The van der Waals surface area contributed by atoms with Crippen LogP contribution in [0.4, 0.5) is 14.5 Å². The largest absolute Gasteiger partial charge is 0.419 e. The Balaban J connectivity index is 2.05. The van der Waals surface area contributed by atoms with Crippen LogP contribution in [0.3, 0.4) is 0 Å². The number of hydrogen-bond acceptors (Lipinski definition) is 4. The molecule has 9 heteroatoms. The number of halogens is 2. The van der Waals surface area contributed by atoms with E-state index in [-0.39, 0.29) is 21.7 Å². The number of sulfonamides is 1. The molecule has 0 bridgehead atoms. The third kappa shape index (κ3) is 2.70. The average Bonchev–Trinajstić information content (AvgIpc) is 2.77. The number of rotatable bonds is 3. The van der Waals surface area contributed by atoms with Crippen molar-refractivity contribution < 1.29 is 21.6 Å². The van der Waals surface area contributed by atoms with Gasteiger partial charge in [0.1, 0.15) is 11.6 Å². The Bertz CT molecular complexity index is 1070. The van der Waals surface area contributed by atoms with Gasteiger partial charge in [-0.25, -0.2) is 22.0 Å². The minimum atomic E-state index is -4.12. The first-order valence-electron chi connectivity index (χ1n) is 6.35. The van der Waals surface area contributed by atoms with Gasteiger partial charge in [0, 0.05) is 13.1 Å². The van der Waals surface area contributed by atoms with Crippen molar-refractivity contribution in [1.82, 2.24) is 4.57 Å². The van der Waals surface area contributed by atoms with Crippen molar-refractivity contribution in [3.8, 4) is 0 Å². The summed E-state index contributed by atoms with van der Waals surface area (Å²) in [6.45, 7) is 0. The molecule has 0 aliphatic rings. The Morgan fingerprint density at radius 2 is 1.87 bits per heavy atom. The number of aromatic nitrogens is 1. The van der Waals surface area contributed by atoms with E-state index in [4.69, 9.17) is 4.42 Å². The van der Waals surface area contributed by atoms with Gasteiger partial charge in [-0.2, -0.15) is 0 Å². The maximum absolute atomic E-state index is 13.6. The normalized spacial score (nSPS) is 11.8. The van der Waals surface area contributed by atoms with Gasteiger partial charge in [0.05, 0.1) is 16.1 Å². The highest BCUT2D eigenvalue weighted by Gasteiger charge is 2.18. The summed E-state index contributed by atoms with van der Waals surface area (Å²) in [7, 11) is -2.69. The second-order valence-corrected chi connectivity index (χ2v) is 6.47. The van der Waals surface area contributed by atoms with Crippen molar-refractivity contribution in [3.63, 3.8) is 0 Å². The Kier molecular flexibility index (Phi) is 3.44. The Hall–Kier alpha value is -2.68. The zero-order valence-corrected chi connectivity index (χ0v) is 12.5. The summed E-state index contributed by atoms with van der Waals surface area (Å²) in [5.41, 5.74) is 0.120. The van der Waals surface area contributed by atoms with Crippen molar-refractivity contribution in [2.24, 2.45) is 7.05 Å². The molecule has 3 aromatic rings. The second-order valence-electron chi connectivity index (χ2n) is 4.79. The number of nitrogens with one attached hydrogen (secondary N) is 1. The van der Waals surface area contributed by atoms with Crippen LogP contribution in [0.5, 0.6) is 0 Å². The Morgan fingerprint density at radius 1 is 1.13 bits per heavy atom. The fourth-order valence-electron chi connectivity index (χ4n) is 2.05. The zero-order valence-electron chi connectivity index (χ0n) is 11.7. The first-order valence-corrected chi connectivity index (χ1v) is 7.84. The van der Waals surface area contributed by atoms with E-state index in [0.29, 0.717) is 6.07 Å². The highest BCUT2D eigenvalue weighted by molar-refractivity contribution is 7.92. The lowest BCUT2D eigenvalue weighted by Gasteiger charge is -2.09. The van der Waals surface area contributed by atoms with Gasteiger partial charge in [-0.1, -0.05) is 0 Å². The molecule has 120 valence electrons. The molecular weight excluding hydrogens is 330 g/mol. The molecule has 0 unspecified atom stereocenters. The average molecular weight is 340 g/mol. The number of anilines is 1. The third-order valence-electron chi connectivity index (χ3n) is 3.25. The van der Waals surface area contributed by atoms with Crippen LogP contribution in [0.25, 0.3) is 11.1 Å². The fourth-order valence-corrected chi connectivity index (χ4v) is 3.14. The topological polar surface area (TPSA) is 81.3 Å². The van der Waals surface area contributed by atoms with Gasteiger partial charge >= 0.3 is 5.76 Å². The van der Waals surface area contributed by atoms with E-state index in [1.54, 1.807) is 0 Å². The molecule has 1 aromatic heterocycles. The van der Waals surface area contributed by atoms with Gasteiger partial charge in [0.25, 0.3) is 10.0 Å². The lowest BCUT2D eigenvalue weighted by molar-refractivity contribution is 0.528. The minimum Gasteiger partial charge on any atom is -0.408 e. The van der Waals surface area contributed by atoms with Gasteiger partial charge < -0.3 is 4.42 Å². The summed E-state index contributed by atoms with van der Waals surface area (Å²) in [6.07, 6.45) is 0. The summed E-state index contributed by atoms with van der Waals surface area (Å²) in [5.74, 6) is -2.49. The zero-order chi connectivity index (χ0) is 16.8. The van der Waals surface area contributed by atoms with Crippen LogP contribution in [0.15, 0.2) is 50.5 Å². The van der Waals surface area contributed by atoms with E-state index in [1.807, 2.05) is 4.72 Å². The molecule has 6 nitrogen and oxygen atoms in total. The highest BCUT2D eigenvalue weighted by Crippen LogP contribution is 2.22. The smallest absolute Gasteiger partial charge is 0.408 e. The summed E-state index contributed by atoms with van der Waals surface area (Å²) >= 11 is 0. The maximum atomic E-state index is 13.6. The predicted molar refractivity (Wildman–Crippen MR) is 78.6 cm³/mol. The Labute approximate surface area is 129 Å². The Morgan fingerprint density at radius 3 is 2.57 bits per heavy atom. The SMILES string of the molecule is Cn1c(=O)oc2ccc(S(=O)(=O)Nc3ccc(F)cc3F)cc21. The molecule has 0 radical (unpaired) electrons. The molecule has 0 saturated carbocycles. The monoisotopic (exact) mass is 340 g/mol. The lowest BCUT2D eigenvalue weighted by atomic mass is 10.3. The van der Waals surface area contributed by atoms with Crippen molar-refractivity contribution in [2.45, 2.75) is 4.90 Å². The van der Waals surface area contributed by atoms with Gasteiger partial charge in [-0.15, -0.1) is 0 Å². The minimum absolute atomic E-state index is 0.190. The second kappa shape index (κ2) is 5.20. The number of aryl methyl sites for hydroxylation is 1. The molecule has 0 fully saturated rings. The van der Waals surface area contributed by atoms with Crippen LogP contribution < -0.4 is 10.5 Å². The van der Waals surface area contributed by atoms with Crippen molar-refractivity contribution in [2.75, 3.05) is 4.72 Å². The molecule has 0 aliphatic heterocycles. The molecule has 0 saturated heterocycles. The molecule has 3 rings (SSSR count). The maximum Gasteiger partial charge on any atom is 0.419 e.